The summed E-state index contributed by atoms with van der Waals surface area (Å²) in [6, 6.07) is 7.25. The zero-order valence-electron chi connectivity index (χ0n) is 13.3. The van der Waals surface area contributed by atoms with Crippen LogP contribution in [0.3, 0.4) is 0 Å². The van der Waals surface area contributed by atoms with Gasteiger partial charge in [0, 0.05) is 13.0 Å². The number of nitrogens with zero attached hydrogens (tertiary/aromatic N) is 1. The lowest BCUT2D eigenvalue weighted by Crippen LogP contribution is -2.41. The number of hydrogen-bond donors (Lipinski definition) is 1. The second-order valence-electron chi connectivity index (χ2n) is 5.45. The third kappa shape index (κ3) is 5.45. The predicted molar refractivity (Wildman–Crippen MR) is 83.4 cm³/mol. The molecular formula is C16H24N2O3. The highest BCUT2D eigenvalue weighted by Crippen LogP contribution is 2.24. The van der Waals surface area contributed by atoms with E-state index in [1.54, 1.807) is 12.1 Å². The van der Waals surface area contributed by atoms with E-state index in [9.17, 15) is 9.59 Å². The maximum absolute atomic E-state index is 12.1. The van der Waals surface area contributed by atoms with Crippen LogP contribution in [-0.2, 0) is 9.59 Å². The van der Waals surface area contributed by atoms with Gasteiger partial charge in [-0.3, -0.25) is 9.59 Å². The van der Waals surface area contributed by atoms with Gasteiger partial charge in [-0.05, 0) is 39.8 Å². The first-order chi connectivity index (χ1) is 9.81. The quantitative estimate of drug-likeness (QED) is 0.877. The molecule has 0 radical (unpaired) electrons. The smallest absolute Gasteiger partial charge is 0.244 e. The molecule has 116 valence electrons. The molecule has 0 aliphatic heterocycles. The van der Waals surface area contributed by atoms with Crippen LogP contribution in [0.1, 0.15) is 34.6 Å². The minimum Gasteiger partial charge on any atom is -0.489 e. The molecule has 0 saturated heterocycles. The van der Waals surface area contributed by atoms with Crippen molar-refractivity contribution in [2.24, 2.45) is 0 Å². The van der Waals surface area contributed by atoms with Crippen molar-refractivity contribution >= 4 is 17.5 Å². The molecule has 0 bridgehead atoms. The number of amides is 2. The van der Waals surface area contributed by atoms with E-state index < -0.39 is 0 Å². The highest BCUT2D eigenvalue weighted by molar-refractivity contribution is 5.95. The van der Waals surface area contributed by atoms with Gasteiger partial charge in [-0.25, -0.2) is 0 Å². The van der Waals surface area contributed by atoms with Crippen molar-refractivity contribution in [3.05, 3.63) is 24.3 Å². The van der Waals surface area contributed by atoms with E-state index in [-0.39, 0.29) is 30.5 Å². The SMILES string of the molecule is CC(=O)N(CC(=O)Nc1ccccc1OC(C)C)C(C)C. The van der Waals surface area contributed by atoms with Gasteiger partial charge in [0.1, 0.15) is 12.3 Å². The van der Waals surface area contributed by atoms with Crippen molar-refractivity contribution in [2.45, 2.75) is 46.8 Å². The second kappa shape index (κ2) is 7.67. The third-order valence-electron chi connectivity index (χ3n) is 2.87. The fourth-order valence-corrected chi connectivity index (χ4v) is 1.93. The summed E-state index contributed by atoms with van der Waals surface area (Å²) in [5.41, 5.74) is 0.614. The molecule has 1 N–H and O–H groups in total. The Hall–Kier alpha value is -2.04. The Morgan fingerprint density at radius 2 is 1.81 bits per heavy atom. The topological polar surface area (TPSA) is 58.6 Å². The van der Waals surface area contributed by atoms with E-state index in [1.165, 1.54) is 11.8 Å². The highest BCUT2D eigenvalue weighted by Gasteiger charge is 2.17. The molecule has 5 nitrogen and oxygen atoms in total. The summed E-state index contributed by atoms with van der Waals surface area (Å²) in [5.74, 6) is 0.269. The first-order valence-corrected chi connectivity index (χ1v) is 7.14. The molecule has 0 aliphatic carbocycles. The van der Waals surface area contributed by atoms with Crippen molar-refractivity contribution in [2.75, 3.05) is 11.9 Å². The van der Waals surface area contributed by atoms with Gasteiger partial charge in [-0.15, -0.1) is 0 Å². The summed E-state index contributed by atoms with van der Waals surface area (Å²) in [5, 5.41) is 2.80. The van der Waals surface area contributed by atoms with E-state index in [0.717, 1.165) is 0 Å². The van der Waals surface area contributed by atoms with Crippen molar-refractivity contribution in [1.29, 1.82) is 0 Å². The number of ether oxygens (including phenoxy) is 1. The summed E-state index contributed by atoms with van der Waals surface area (Å²) in [6.45, 7) is 9.10. The van der Waals surface area contributed by atoms with E-state index in [4.69, 9.17) is 4.74 Å². The van der Waals surface area contributed by atoms with Gasteiger partial charge >= 0.3 is 0 Å². The van der Waals surface area contributed by atoms with Gasteiger partial charge in [-0.1, -0.05) is 12.1 Å². The normalized spacial score (nSPS) is 10.6. The molecule has 0 aliphatic rings. The maximum atomic E-state index is 12.1. The van der Waals surface area contributed by atoms with Crippen LogP contribution >= 0.6 is 0 Å². The molecular weight excluding hydrogens is 268 g/mol. The summed E-state index contributed by atoms with van der Waals surface area (Å²) >= 11 is 0. The van der Waals surface area contributed by atoms with Gasteiger partial charge in [0.15, 0.2) is 0 Å². The Labute approximate surface area is 126 Å². The summed E-state index contributed by atoms with van der Waals surface area (Å²) < 4.78 is 5.65. The average Bonchev–Trinajstić information content (AvgIpc) is 2.37. The van der Waals surface area contributed by atoms with E-state index in [1.807, 2.05) is 39.8 Å². The van der Waals surface area contributed by atoms with Crippen LogP contribution < -0.4 is 10.1 Å². The van der Waals surface area contributed by atoms with E-state index >= 15 is 0 Å². The molecule has 0 atom stereocenters. The Kier molecular flexibility index (Phi) is 6.21. The van der Waals surface area contributed by atoms with Crippen LogP contribution in [0.4, 0.5) is 5.69 Å². The van der Waals surface area contributed by atoms with Gasteiger partial charge < -0.3 is 15.0 Å². The van der Waals surface area contributed by atoms with Crippen LogP contribution in [-0.4, -0.2) is 35.4 Å². The molecule has 0 saturated carbocycles. The van der Waals surface area contributed by atoms with Crippen molar-refractivity contribution in [1.82, 2.24) is 4.90 Å². The van der Waals surface area contributed by atoms with Gasteiger partial charge in [0.2, 0.25) is 11.8 Å². The maximum Gasteiger partial charge on any atom is 0.244 e. The lowest BCUT2D eigenvalue weighted by molar-refractivity contribution is -0.134. The standard InChI is InChI=1S/C16H24N2O3/c1-11(2)18(13(5)19)10-16(20)17-14-8-6-7-9-15(14)21-12(3)4/h6-9,11-12H,10H2,1-5H3,(H,17,20). The van der Waals surface area contributed by atoms with Crippen LogP contribution in [0.25, 0.3) is 0 Å². The summed E-state index contributed by atoms with van der Waals surface area (Å²) in [7, 11) is 0. The number of benzene rings is 1. The Morgan fingerprint density at radius 3 is 2.33 bits per heavy atom. The molecule has 5 heteroatoms. The lowest BCUT2D eigenvalue weighted by atomic mass is 10.2. The monoisotopic (exact) mass is 292 g/mol. The molecule has 1 aromatic rings. The molecule has 0 heterocycles. The Bertz CT molecular complexity index is 498. The fourth-order valence-electron chi connectivity index (χ4n) is 1.93. The molecule has 0 spiro atoms. The van der Waals surface area contributed by atoms with Crippen molar-refractivity contribution < 1.29 is 14.3 Å². The largest absolute Gasteiger partial charge is 0.489 e. The van der Waals surface area contributed by atoms with Gasteiger partial charge in [0.05, 0.1) is 11.8 Å². The second-order valence-corrected chi connectivity index (χ2v) is 5.45. The fraction of sp³-hybridized carbons (Fsp3) is 0.500. The zero-order valence-corrected chi connectivity index (χ0v) is 13.3. The molecule has 0 fully saturated rings. The minimum absolute atomic E-state index is 0.0181. The number of anilines is 1. The lowest BCUT2D eigenvalue weighted by Gasteiger charge is -2.24. The van der Waals surface area contributed by atoms with Crippen LogP contribution in [0, 0.1) is 0 Å². The van der Waals surface area contributed by atoms with E-state index in [0.29, 0.717) is 11.4 Å². The van der Waals surface area contributed by atoms with Gasteiger partial charge in [0.25, 0.3) is 0 Å². The average molecular weight is 292 g/mol. The molecule has 0 aromatic heterocycles. The number of carbonyl (C=O) groups excluding carboxylic acids is 2. The van der Waals surface area contributed by atoms with Crippen molar-refractivity contribution in [3.8, 4) is 5.75 Å². The van der Waals surface area contributed by atoms with Crippen LogP contribution in [0.2, 0.25) is 0 Å². The van der Waals surface area contributed by atoms with Gasteiger partial charge in [-0.2, -0.15) is 0 Å². The molecule has 0 unspecified atom stereocenters. The summed E-state index contributed by atoms with van der Waals surface area (Å²) in [4.78, 5) is 25.1. The third-order valence-corrected chi connectivity index (χ3v) is 2.87. The number of hydrogen-bond acceptors (Lipinski definition) is 3. The van der Waals surface area contributed by atoms with Crippen LogP contribution in [0.5, 0.6) is 5.75 Å². The van der Waals surface area contributed by atoms with E-state index in [2.05, 4.69) is 5.32 Å². The predicted octanol–water partition coefficient (Wildman–Crippen LogP) is 2.67. The Balaban J connectivity index is 2.77. The number of para-hydroxylation sites is 2. The first kappa shape index (κ1) is 17.0. The number of carbonyl (C=O) groups is 2. The highest BCUT2D eigenvalue weighted by atomic mass is 16.5. The Morgan fingerprint density at radius 1 is 1.19 bits per heavy atom. The summed E-state index contributed by atoms with van der Waals surface area (Å²) in [6.07, 6.45) is 0.0208. The van der Waals surface area contributed by atoms with Crippen molar-refractivity contribution in [3.63, 3.8) is 0 Å². The first-order valence-electron chi connectivity index (χ1n) is 7.14. The minimum atomic E-state index is -0.237. The molecule has 2 amide bonds. The zero-order chi connectivity index (χ0) is 16.0. The molecule has 21 heavy (non-hydrogen) atoms. The van der Waals surface area contributed by atoms with Crippen LogP contribution in [0.15, 0.2) is 24.3 Å². The number of nitrogens with one attached hydrogen (secondary N) is 1. The molecule has 1 rings (SSSR count). The number of rotatable bonds is 6. The molecule has 1 aromatic carbocycles.